The van der Waals surface area contributed by atoms with Crippen LogP contribution in [0, 0.1) is 5.92 Å². The van der Waals surface area contributed by atoms with Gasteiger partial charge in [0.1, 0.15) is 0 Å². The second-order valence-corrected chi connectivity index (χ2v) is 6.54. The SMILES string of the molecule is C/C=C(I)\C=C(\c1ccccc1)C(C)/C(=C/CC)CCC. The van der Waals surface area contributed by atoms with Crippen LogP contribution < -0.4 is 0 Å². The molecule has 1 unspecified atom stereocenters. The lowest BCUT2D eigenvalue weighted by Crippen LogP contribution is -2.04. The van der Waals surface area contributed by atoms with E-state index in [2.05, 4.69) is 98.8 Å². The number of hydrogen-bond donors (Lipinski definition) is 0. The number of benzene rings is 1. The fourth-order valence-electron chi connectivity index (χ4n) is 2.57. The van der Waals surface area contributed by atoms with E-state index in [-0.39, 0.29) is 0 Å². The highest BCUT2D eigenvalue weighted by Crippen LogP contribution is 2.33. The predicted octanol–water partition coefficient (Wildman–Crippen LogP) is 7.18. The van der Waals surface area contributed by atoms with Crippen molar-refractivity contribution in [2.75, 3.05) is 0 Å². The van der Waals surface area contributed by atoms with Crippen molar-refractivity contribution in [2.24, 2.45) is 5.92 Å². The van der Waals surface area contributed by atoms with E-state index >= 15 is 0 Å². The Bertz CT molecular complexity index is 506. The minimum absolute atomic E-state index is 0.469. The van der Waals surface area contributed by atoms with Gasteiger partial charge < -0.3 is 0 Å². The van der Waals surface area contributed by atoms with Crippen LogP contribution in [0.1, 0.15) is 52.5 Å². The van der Waals surface area contributed by atoms with Crippen molar-refractivity contribution in [3.63, 3.8) is 0 Å². The summed E-state index contributed by atoms with van der Waals surface area (Å²) in [6.07, 6.45) is 10.4. The number of halogens is 1. The van der Waals surface area contributed by atoms with E-state index < -0.39 is 0 Å². The van der Waals surface area contributed by atoms with E-state index in [4.69, 9.17) is 0 Å². The average molecular weight is 394 g/mol. The van der Waals surface area contributed by atoms with Gasteiger partial charge in [-0.05, 0) is 59.6 Å². The third kappa shape index (κ3) is 5.82. The predicted molar refractivity (Wildman–Crippen MR) is 105 cm³/mol. The van der Waals surface area contributed by atoms with Gasteiger partial charge in [0, 0.05) is 9.50 Å². The van der Waals surface area contributed by atoms with Crippen LogP contribution in [0.15, 0.2) is 57.7 Å². The normalized spacial score (nSPS) is 15.2. The molecule has 114 valence electrons. The maximum Gasteiger partial charge on any atom is 0.00903 e. The standard InChI is InChI=1S/C20H27I/c1-5-11-17(12-6-2)16(4)20(15-19(21)7-3)18-13-9-8-10-14-18/h7-11,13-16H,5-6,12H2,1-4H3/b17-11+,19-7+,20-15+. The van der Waals surface area contributed by atoms with Crippen LogP contribution in [-0.4, -0.2) is 0 Å². The van der Waals surface area contributed by atoms with Gasteiger partial charge in [-0.1, -0.05) is 75.2 Å². The zero-order valence-corrected chi connectivity index (χ0v) is 15.9. The van der Waals surface area contributed by atoms with E-state index in [0.29, 0.717) is 5.92 Å². The second kappa shape index (κ2) is 9.99. The Hall–Kier alpha value is -0.830. The molecular formula is C20H27I. The average Bonchev–Trinajstić information content (AvgIpc) is 2.52. The molecule has 1 atom stereocenters. The molecular weight excluding hydrogens is 367 g/mol. The number of allylic oxidation sites excluding steroid dienone is 6. The van der Waals surface area contributed by atoms with E-state index in [1.54, 1.807) is 5.57 Å². The second-order valence-electron chi connectivity index (χ2n) is 5.30. The van der Waals surface area contributed by atoms with Gasteiger partial charge >= 0.3 is 0 Å². The lowest BCUT2D eigenvalue weighted by atomic mass is 9.85. The summed E-state index contributed by atoms with van der Waals surface area (Å²) in [4.78, 5) is 0. The molecule has 0 spiro atoms. The molecule has 0 amide bonds. The fraction of sp³-hybridized carbons (Fsp3) is 0.400. The van der Waals surface area contributed by atoms with Gasteiger partial charge in [-0.25, -0.2) is 0 Å². The summed E-state index contributed by atoms with van der Waals surface area (Å²) in [6.45, 7) is 8.93. The van der Waals surface area contributed by atoms with Crippen LogP contribution in [0.5, 0.6) is 0 Å². The quantitative estimate of drug-likeness (QED) is 0.261. The largest absolute Gasteiger partial charge is 0.0850 e. The van der Waals surface area contributed by atoms with Crippen LogP contribution in [0.3, 0.4) is 0 Å². The Labute approximate surface area is 144 Å². The third-order valence-electron chi connectivity index (χ3n) is 3.70. The molecule has 0 saturated carbocycles. The first-order valence-corrected chi connectivity index (χ1v) is 8.99. The summed E-state index contributed by atoms with van der Waals surface area (Å²) in [5.41, 5.74) is 4.32. The third-order valence-corrected chi connectivity index (χ3v) is 4.64. The van der Waals surface area contributed by atoms with Crippen molar-refractivity contribution in [1.82, 2.24) is 0 Å². The Balaban J connectivity index is 3.24. The van der Waals surface area contributed by atoms with Crippen LogP contribution in [-0.2, 0) is 0 Å². The minimum atomic E-state index is 0.469. The molecule has 0 nitrogen and oxygen atoms in total. The van der Waals surface area contributed by atoms with Crippen molar-refractivity contribution in [3.8, 4) is 0 Å². The Morgan fingerprint density at radius 3 is 2.38 bits per heavy atom. The molecule has 1 rings (SSSR count). The molecule has 0 fully saturated rings. The molecule has 0 radical (unpaired) electrons. The van der Waals surface area contributed by atoms with Gasteiger partial charge in [0.2, 0.25) is 0 Å². The molecule has 1 aromatic carbocycles. The van der Waals surface area contributed by atoms with Crippen molar-refractivity contribution in [3.05, 3.63) is 63.3 Å². The Morgan fingerprint density at radius 1 is 1.19 bits per heavy atom. The van der Waals surface area contributed by atoms with Gasteiger partial charge in [0.15, 0.2) is 0 Å². The molecule has 0 bridgehead atoms. The molecule has 1 aromatic rings. The first-order chi connectivity index (χ1) is 10.1. The van der Waals surface area contributed by atoms with Crippen LogP contribution in [0.4, 0.5) is 0 Å². The van der Waals surface area contributed by atoms with Gasteiger partial charge in [-0.15, -0.1) is 0 Å². The lowest BCUT2D eigenvalue weighted by molar-refractivity contribution is 0.766. The highest BCUT2D eigenvalue weighted by molar-refractivity contribution is 14.1. The fourth-order valence-corrected chi connectivity index (χ4v) is 2.90. The maximum atomic E-state index is 2.41. The van der Waals surface area contributed by atoms with Crippen molar-refractivity contribution < 1.29 is 0 Å². The van der Waals surface area contributed by atoms with Gasteiger partial charge in [-0.2, -0.15) is 0 Å². The van der Waals surface area contributed by atoms with Crippen molar-refractivity contribution >= 4 is 28.2 Å². The Kier molecular flexibility index (Phi) is 8.67. The molecule has 1 heteroatoms. The van der Waals surface area contributed by atoms with Crippen LogP contribution >= 0.6 is 22.6 Å². The number of hydrogen-bond acceptors (Lipinski definition) is 0. The van der Waals surface area contributed by atoms with Gasteiger partial charge in [-0.3, -0.25) is 0 Å². The lowest BCUT2D eigenvalue weighted by Gasteiger charge is -2.20. The zero-order chi connectivity index (χ0) is 15.7. The van der Waals surface area contributed by atoms with E-state index in [1.165, 1.54) is 27.6 Å². The van der Waals surface area contributed by atoms with Gasteiger partial charge in [0.25, 0.3) is 0 Å². The molecule has 0 aliphatic heterocycles. The molecule has 0 aromatic heterocycles. The van der Waals surface area contributed by atoms with E-state index in [9.17, 15) is 0 Å². The topological polar surface area (TPSA) is 0 Å². The van der Waals surface area contributed by atoms with E-state index in [0.717, 1.165) is 6.42 Å². The summed E-state index contributed by atoms with van der Waals surface area (Å²) in [5.74, 6) is 0.469. The van der Waals surface area contributed by atoms with Crippen molar-refractivity contribution in [1.29, 1.82) is 0 Å². The first-order valence-electron chi connectivity index (χ1n) is 7.91. The minimum Gasteiger partial charge on any atom is -0.0850 e. The molecule has 21 heavy (non-hydrogen) atoms. The van der Waals surface area contributed by atoms with E-state index in [1.807, 2.05) is 0 Å². The van der Waals surface area contributed by atoms with Gasteiger partial charge in [0.05, 0.1) is 0 Å². The highest BCUT2D eigenvalue weighted by atomic mass is 127. The smallest absolute Gasteiger partial charge is 0.00903 e. The Morgan fingerprint density at radius 2 is 1.86 bits per heavy atom. The summed E-state index contributed by atoms with van der Waals surface area (Å²) in [5, 5.41) is 0. The molecule has 0 saturated heterocycles. The summed E-state index contributed by atoms with van der Waals surface area (Å²) in [6, 6.07) is 10.8. The summed E-state index contributed by atoms with van der Waals surface area (Å²) in [7, 11) is 0. The maximum absolute atomic E-state index is 2.41. The summed E-state index contributed by atoms with van der Waals surface area (Å²) < 4.78 is 1.30. The molecule has 0 heterocycles. The van der Waals surface area contributed by atoms with Crippen LogP contribution in [0.25, 0.3) is 5.57 Å². The highest BCUT2D eigenvalue weighted by Gasteiger charge is 2.15. The summed E-state index contributed by atoms with van der Waals surface area (Å²) >= 11 is 2.41. The van der Waals surface area contributed by atoms with Crippen LogP contribution in [0.2, 0.25) is 0 Å². The first kappa shape index (κ1) is 18.2. The zero-order valence-electron chi connectivity index (χ0n) is 13.7. The number of rotatable bonds is 7. The molecule has 0 N–H and O–H groups in total. The monoisotopic (exact) mass is 394 g/mol. The van der Waals surface area contributed by atoms with Crippen molar-refractivity contribution in [2.45, 2.75) is 47.0 Å². The molecule has 0 aliphatic carbocycles. The molecule has 0 aliphatic rings.